The predicted molar refractivity (Wildman–Crippen MR) is 123 cm³/mol. The summed E-state index contributed by atoms with van der Waals surface area (Å²) in [6, 6.07) is 12.0. The SMILES string of the molecule is CNC(NC(O)C(F)(F)F)c1ccc(C(=O)NCC2COCCN2C(=O)c2ccc(Cl)cc2)cc1. The van der Waals surface area contributed by atoms with Crippen molar-refractivity contribution in [2.75, 3.05) is 33.4 Å². The topological polar surface area (TPSA) is 103 Å². The lowest BCUT2D eigenvalue weighted by Gasteiger charge is -2.35. The molecule has 0 bridgehead atoms. The number of amides is 2. The van der Waals surface area contributed by atoms with Crippen LogP contribution in [0.15, 0.2) is 48.5 Å². The van der Waals surface area contributed by atoms with Gasteiger partial charge in [-0.2, -0.15) is 13.2 Å². The van der Waals surface area contributed by atoms with Crippen LogP contribution in [-0.2, 0) is 4.74 Å². The van der Waals surface area contributed by atoms with Crippen LogP contribution in [0.25, 0.3) is 0 Å². The van der Waals surface area contributed by atoms with Crippen molar-refractivity contribution in [1.29, 1.82) is 0 Å². The van der Waals surface area contributed by atoms with E-state index in [2.05, 4.69) is 10.6 Å². The maximum absolute atomic E-state index is 12.9. The third-order valence-electron chi connectivity index (χ3n) is 5.51. The summed E-state index contributed by atoms with van der Waals surface area (Å²) in [5.41, 5.74) is 1.16. The molecule has 3 unspecified atom stereocenters. The quantitative estimate of drug-likeness (QED) is 0.403. The van der Waals surface area contributed by atoms with Crippen molar-refractivity contribution in [1.82, 2.24) is 20.9 Å². The van der Waals surface area contributed by atoms with E-state index >= 15 is 0 Å². The summed E-state index contributed by atoms with van der Waals surface area (Å²) in [6.45, 7) is 1.17. The molecule has 0 aromatic heterocycles. The van der Waals surface area contributed by atoms with Gasteiger partial charge in [-0.15, -0.1) is 0 Å². The van der Waals surface area contributed by atoms with Crippen molar-refractivity contribution >= 4 is 23.4 Å². The van der Waals surface area contributed by atoms with Crippen LogP contribution < -0.4 is 16.0 Å². The van der Waals surface area contributed by atoms with Gasteiger partial charge in [0.1, 0.15) is 0 Å². The van der Waals surface area contributed by atoms with Crippen molar-refractivity contribution in [2.24, 2.45) is 0 Å². The number of aliphatic hydroxyl groups is 1. The zero-order valence-electron chi connectivity index (χ0n) is 18.8. The number of rotatable bonds is 8. The maximum atomic E-state index is 12.9. The molecule has 2 aromatic rings. The maximum Gasteiger partial charge on any atom is 0.428 e. The number of alkyl halides is 3. The highest BCUT2D eigenvalue weighted by Gasteiger charge is 2.39. The van der Waals surface area contributed by atoms with Gasteiger partial charge in [0.15, 0.2) is 0 Å². The Kier molecular flexibility index (Phi) is 9.09. The van der Waals surface area contributed by atoms with Gasteiger partial charge < -0.3 is 25.4 Å². The lowest BCUT2D eigenvalue weighted by molar-refractivity contribution is -0.216. The van der Waals surface area contributed by atoms with E-state index < -0.39 is 24.5 Å². The van der Waals surface area contributed by atoms with Crippen LogP contribution in [0, 0.1) is 0 Å². The van der Waals surface area contributed by atoms with Crippen LogP contribution in [0.4, 0.5) is 13.2 Å². The summed E-state index contributed by atoms with van der Waals surface area (Å²) >= 11 is 5.89. The molecule has 8 nitrogen and oxygen atoms in total. The van der Waals surface area contributed by atoms with E-state index in [1.165, 1.54) is 31.3 Å². The molecule has 12 heteroatoms. The Labute approximate surface area is 205 Å². The second-order valence-electron chi connectivity index (χ2n) is 7.90. The molecule has 0 spiro atoms. The first-order valence-electron chi connectivity index (χ1n) is 10.8. The number of hydrogen-bond acceptors (Lipinski definition) is 6. The van der Waals surface area contributed by atoms with Gasteiger partial charge in [-0.1, -0.05) is 23.7 Å². The van der Waals surface area contributed by atoms with Gasteiger partial charge in [0.25, 0.3) is 11.8 Å². The van der Waals surface area contributed by atoms with Crippen molar-refractivity contribution in [3.05, 3.63) is 70.2 Å². The fourth-order valence-electron chi connectivity index (χ4n) is 3.59. The number of aliphatic hydroxyl groups excluding tert-OH is 1. The van der Waals surface area contributed by atoms with E-state index in [1.807, 2.05) is 5.32 Å². The molecule has 1 aliphatic heterocycles. The summed E-state index contributed by atoms with van der Waals surface area (Å²) in [5.74, 6) is -0.606. The first-order chi connectivity index (χ1) is 16.6. The van der Waals surface area contributed by atoms with Crippen molar-refractivity contribution in [3.63, 3.8) is 0 Å². The van der Waals surface area contributed by atoms with Gasteiger partial charge in [0.05, 0.1) is 25.4 Å². The zero-order valence-corrected chi connectivity index (χ0v) is 19.6. The van der Waals surface area contributed by atoms with E-state index in [4.69, 9.17) is 16.3 Å². The zero-order chi connectivity index (χ0) is 25.6. The average molecular weight is 515 g/mol. The van der Waals surface area contributed by atoms with E-state index in [9.17, 15) is 27.9 Å². The Balaban J connectivity index is 1.60. The molecule has 0 radical (unpaired) electrons. The van der Waals surface area contributed by atoms with Crippen molar-refractivity contribution in [3.8, 4) is 0 Å². The molecule has 0 saturated carbocycles. The van der Waals surface area contributed by atoms with Crippen molar-refractivity contribution < 1.29 is 32.6 Å². The van der Waals surface area contributed by atoms with Crippen LogP contribution in [-0.4, -0.2) is 73.6 Å². The minimum absolute atomic E-state index is 0.151. The summed E-state index contributed by atoms with van der Waals surface area (Å²) in [7, 11) is 1.44. The molecule has 2 amide bonds. The second kappa shape index (κ2) is 11.8. The number of ether oxygens (including phenoxy) is 1. The number of morpholine rings is 1. The van der Waals surface area contributed by atoms with E-state index in [0.717, 1.165) is 0 Å². The molecule has 1 aliphatic rings. The Hall–Kier alpha value is -2.70. The average Bonchev–Trinajstić information content (AvgIpc) is 2.85. The number of carbonyl (C=O) groups excluding carboxylic acids is 2. The number of carbonyl (C=O) groups is 2. The fraction of sp³-hybridized carbons (Fsp3) is 0.391. The standard InChI is InChI=1S/C23H26ClF3N4O4/c1-28-19(30-22(34)23(25,26)27)14-2-4-15(5-3-14)20(32)29-12-18-13-35-11-10-31(18)21(33)16-6-8-17(24)9-7-16/h2-9,18-19,22,28,30,34H,10-13H2,1H3,(H,29,32). The first kappa shape index (κ1) is 26.9. The van der Waals surface area contributed by atoms with Crippen LogP contribution >= 0.6 is 11.6 Å². The lowest BCUT2D eigenvalue weighted by Crippen LogP contribution is -2.53. The number of nitrogens with one attached hydrogen (secondary N) is 3. The third-order valence-corrected chi connectivity index (χ3v) is 5.76. The number of hydrogen-bond donors (Lipinski definition) is 4. The minimum atomic E-state index is -4.82. The van der Waals surface area contributed by atoms with Gasteiger partial charge in [-0.25, -0.2) is 0 Å². The van der Waals surface area contributed by atoms with Gasteiger partial charge in [-0.05, 0) is 49.0 Å². The van der Waals surface area contributed by atoms with Crippen LogP contribution in [0.3, 0.4) is 0 Å². The normalized spacial score (nSPS) is 18.1. The molecule has 1 fully saturated rings. The largest absolute Gasteiger partial charge is 0.428 e. The molecule has 3 rings (SSSR count). The second-order valence-corrected chi connectivity index (χ2v) is 8.34. The molecule has 0 aliphatic carbocycles. The molecule has 3 atom stereocenters. The molecule has 2 aromatic carbocycles. The smallest absolute Gasteiger partial charge is 0.377 e. The summed E-state index contributed by atoms with van der Waals surface area (Å²) in [5, 5.41) is 17.2. The summed E-state index contributed by atoms with van der Waals surface area (Å²) < 4.78 is 43.4. The monoisotopic (exact) mass is 514 g/mol. The van der Waals surface area contributed by atoms with E-state index in [-0.39, 0.29) is 30.7 Å². The molecule has 1 saturated heterocycles. The fourth-order valence-corrected chi connectivity index (χ4v) is 3.71. The Morgan fingerprint density at radius 3 is 2.37 bits per heavy atom. The number of benzene rings is 2. The number of halogens is 4. The number of nitrogens with zero attached hydrogens (tertiary/aromatic N) is 1. The van der Waals surface area contributed by atoms with Crippen LogP contribution in [0.2, 0.25) is 5.02 Å². The van der Waals surface area contributed by atoms with Crippen LogP contribution in [0.5, 0.6) is 0 Å². The van der Waals surface area contributed by atoms with Crippen LogP contribution in [0.1, 0.15) is 32.4 Å². The molecule has 4 N–H and O–H groups in total. The first-order valence-corrected chi connectivity index (χ1v) is 11.2. The van der Waals surface area contributed by atoms with Gasteiger partial charge in [-0.3, -0.25) is 14.9 Å². The molecule has 1 heterocycles. The molecule has 190 valence electrons. The molecular weight excluding hydrogens is 489 g/mol. The summed E-state index contributed by atoms with van der Waals surface area (Å²) in [4.78, 5) is 27.2. The van der Waals surface area contributed by atoms with Gasteiger partial charge in [0, 0.05) is 29.2 Å². The Bertz CT molecular complexity index is 1010. The van der Waals surface area contributed by atoms with E-state index in [0.29, 0.717) is 29.3 Å². The minimum Gasteiger partial charge on any atom is -0.377 e. The third kappa shape index (κ3) is 7.15. The van der Waals surface area contributed by atoms with Crippen molar-refractivity contribution in [2.45, 2.75) is 24.6 Å². The Morgan fingerprint density at radius 1 is 1.14 bits per heavy atom. The predicted octanol–water partition coefficient (Wildman–Crippen LogP) is 2.30. The molecule has 35 heavy (non-hydrogen) atoms. The lowest BCUT2D eigenvalue weighted by atomic mass is 10.1. The Morgan fingerprint density at radius 2 is 1.77 bits per heavy atom. The highest BCUT2D eigenvalue weighted by molar-refractivity contribution is 6.30. The van der Waals surface area contributed by atoms with Gasteiger partial charge >= 0.3 is 6.18 Å². The molecular formula is C23H26ClF3N4O4. The summed E-state index contributed by atoms with van der Waals surface area (Å²) in [6.07, 6.45) is -8.52. The van der Waals surface area contributed by atoms with Gasteiger partial charge in [0.2, 0.25) is 6.23 Å². The highest BCUT2D eigenvalue weighted by Crippen LogP contribution is 2.21. The van der Waals surface area contributed by atoms with E-state index in [1.54, 1.807) is 29.2 Å². The highest BCUT2D eigenvalue weighted by atomic mass is 35.5.